The van der Waals surface area contributed by atoms with Crippen molar-refractivity contribution in [3.8, 4) is 0 Å². The molecule has 1 rings (SSSR count). The van der Waals surface area contributed by atoms with Gasteiger partial charge < -0.3 is 10.1 Å². The summed E-state index contributed by atoms with van der Waals surface area (Å²) in [6.45, 7) is 8.04. The molecule has 0 fully saturated rings. The van der Waals surface area contributed by atoms with Gasteiger partial charge in [-0.1, -0.05) is 12.1 Å². The van der Waals surface area contributed by atoms with Gasteiger partial charge >= 0.3 is 0 Å². The Labute approximate surface area is 119 Å². The summed E-state index contributed by atoms with van der Waals surface area (Å²) in [7, 11) is 1.63. The number of hydrogen-bond acceptors (Lipinski definition) is 4. The minimum absolute atomic E-state index is 0.0166. The highest BCUT2D eigenvalue weighted by Crippen LogP contribution is 2.11. The number of rotatable bonds is 9. The second-order valence-corrected chi connectivity index (χ2v) is 5.49. The van der Waals surface area contributed by atoms with Crippen molar-refractivity contribution in [2.75, 3.05) is 26.8 Å². The summed E-state index contributed by atoms with van der Waals surface area (Å²) < 4.78 is 5.00. The van der Waals surface area contributed by atoms with Gasteiger partial charge in [-0.3, -0.25) is 9.69 Å². The number of thiophene rings is 1. The van der Waals surface area contributed by atoms with Gasteiger partial charge in [-0.2, -0.15) is 0 Å². The lowest BCUT2D eigenvalue weighted by molar-refractivity contribution is -0.123. The molecule has 0 aliphatic heterocycles. The zero-order chi connectivity index (χ0) is 14.1. The molecule has 19 heavy (non-hydrogen) atoms. The van der Waals surface area contributed by atoms with Crippen molar-refractivity contribution in [1.82, 2.24) is 10.2 Å². The molecule has 4 nitrogen and oxygen atoms in total. The van der Waals surface area contributed by atoms with Crippen molar-refractivity contribution >= 4 is 17.2 Å². The summed E-state index contributed by atoms with van der Waals surface area (Å²) in [6, 6.07) is 4.13. The maximum atomic E-state index is 11.9. The van der Waals surface area contributed by atoms with Crippen molar-refractivity contribution in [1.29, 1.82) is 0 Å². The van der Waals surface area contributed by atoms with E-state index in [0.717, 1.165) is 6.54 Å². The maximum Gasteiger partial charge on any atom is 0.234 e. The average molecular weight is 282 g/mol. The lowest BCUT2D eigenvalue weighted by Gasteiger charge is -2.21. The Morgan fingerprint density at radius 2 is 2.47 bits per heavy atom. The molecule has 0 saturated carbocycles. The van der Waals surface area contributed by atoms with Crippen LogP contribution in [0.1, 0.15) is 11.8 Å². The second kappa shape index (κ2) is 8.85. The van der Waals surface area contributed by atoms with E-state index in [-0.39, 0.29) is 11.9 Å². The lowest BCUT2D eigenvalue weighted by Crippen LogP contribution is -2.42. The minimum atomic E-state index is 0.0166. The highest BCUT2D eigenvalue weighted by atomic mass is 32.1. The van der Waals surface area contributed by atoms with Crippen molar-refractivity contribution in [3.63, 3.8) is 0 Å². The van der Waals surface area contributed by atoms with E-state index in [1.54, 1.807) is 18.4 Å². The van der Waals surface area contributed by atoms with Crippen LogP contribution in [0.15, 0.2) is 30.2 Å². The minimum Gasteiger partial charge on any atom is -0.383 e. The molecule has 0 saturated heterocycles. The Hall–Kier alpha value is -1.17. The first-order valence-electron chi connectivity index (χ1n) is 6.29. The highest BCUT2D eigenvalue weighted by molar-refractivity contribution is 7.09. The van der Waals surface area contributed by atoms with E-state index in [2.05, 4.69) is 22.9 Å². The Kier molecular flexibility index (Phi) is 7.40. The number of nitrogens with one attached hydrogen (secondary N) is 1. The van der Waals surface area contributed by atoms with Crippen LogP contribution in [0.3, 0.4) is 0 Å². The van der Waals surface area contributed by atoms with Crippen LogP contribution in [0.25, 0.3) is 0 Å². The van der Waals surface area contributed by atoms with Gasteiger partial charge in [-0.05, 0) is 18.4 Å². The van der Waals surface area contributed by atoms with Gasteiger partial charge in [0, 0.05) is 31.1 Å². The Morgan fingerprint density at radius 1 is 1.68 bits per heavy atom. The van der Waals surface area contributed by atoms with Crippen LogP contribution in [0, 0.1) is 0 Å². The Balaban J connectivity index is 2.43. The predicted molar refractivity (Wildman–Crippen MR) is 79.3 cm³/mol. The Bertz CT molecular complexity index is 379. The van der Waals surface area contributed by atoms with Crippen LogP contribution < -0.4 is 5.32 Å². The zero-order valence-corrected chi connectivity index (χ0v) is 12.4. The van der Waals surface area contributed by atoms with E-state index in [1.165, 1.54) is 4.88 Å². The third-order valence-corrected chi connectivity index (χ3v) is 3.40. The molecule has 1 N–H and O–H groups in total. The van der Waals surface area contributed by atoms with E-state index in [9.17, 15) is 4.79 Å². The number of carbonyl (C=O) groups excluding carboxylic acids is 1. The fraction of sp³-hybridized carbons (Fsp3) is 0.500. The molecule has 106 valence electrons. The van der Waals surface area contributed by atoms with Crippen LogP contribution in [-0.2, 0) is 16.1 Å². The van der Waals surface area contributed by atoms with Gasteiger partial charge in [-0.15, -0.1) is 17.9 Å². The monoisotopic (exact) mass is 282 g/mol. The molecule has 0 radical (unpaired) electrons. The van der Waals surface area contributed by atoms with E-state index in [0.29, 0.717) is 19.7 Å². The molecule has 1 unspecified atom stereocenters. The molecule has 5 heteroatoms. The molecule has 0 aliphatic carbocycles. The maximum absolute atomic E-state index is 11.9. The third kappa shape index (κ3) is 6.52. The first kappa shape index (κ1) is 15.9. The van der Waals surface area contributed by atoms with Crippen molar-refractivity contribution in [2.45, 2.75) is 19.5 Å². The largest absolute Gasteiger partial charge is 0.383 e. The summed E-state index contributed by atoms with van der Waals surface area (Å²) in [5, 5.41) is 4.96. The molecule has 1 atom stereocenters. The molecule has 0 aromatic carbocycles. The second-order valence-electron chi connectivity index (χ2n) is 4.46. The molecule has 1 aromatic heterocycles. The highest BCUT2D eigenvalue weighted by Gasteiger charge is 2.12. The Morgan fingerprint density at radius 3 is 3.05 bits per heavy atom. The summed E-state index contributed by atoms with van der Waals surface area (Å²) in [5.74, 6) is 0.0166. The van der Waals surface area contributed by atoms with Crippen molar-refractivity contribution in [3.05, 3.63) is 35.0 Å². The van der Waals surface area contributed by atoms with Crippen LogP contribution in [0.5, 0.6) is 0 Å². The van der Waals surface area contributed by atoms with Crippen LogP contribution >= 0.6 is 11.3 Å². The van der Waals surface area contributed by atoms with Gasteiger partial charge in [0.15, 0.2) is 0 Å². The van der Waals surface area contributed by atoms with Crippen molar-refractivity contribution < 1.29 is 9.53 Å². The first-order chi connectivity index (χ1) is 9.15. The molecular formula is C14H22N2O2S. The quantitative estimate of drug-likeness (QED) is 0.703. The average Bonchev–Trinajstić information content (AvgIpc) is 2.82. The lowest BCUT2D eigenvalue weighted by atomic mass is 10.3. The zero-order valence-electron chi connectivity index (χ0n) is 11.6. The molecule has 1 aromatic rings. The first-order valence-corrected chi connectivity index (χ1v) is 7.17. The van der Waals surface area contributed by atoms with E-state index in [4.69, 9.17) is 4.74 Å². The van der Waals surface area contributed by atoms with Gasteiger partial charge in [0.05, 0.1) is 13.2 Å². The normalized spacial score (nSPS) is 12.4. The molecular weight excluding hydrogens is 260 g/mol. The van der Waals surface area contributed by atoms with Crippen LogP contribution in [0.2, 0.25) is 0 Å². The van der Waals surface area contributed by atoms with E-state index < -0.39 is 0 Å². The fourth-order valence-corrected chi connectivity index (χ4v) is 2.55. The van der Waals surface area contributed by atoms with Crippen LogP contribution in [-0.4, -0.2) is 43.7 Å². The van der Waals surface area contributed by atoms with Gasteiger partial charge in [0.2, 0.25) is 5.91 Å². The molecule has 1 amide bonds. The third-order valence-electron chi connectivity index (χ3n) is 2.54. The number of nitrogens with zero attached hydrogens (tertiary/aromatic N) is 1. The van der Waals surface area contributed by atoms with E-state index in [1.807, 2.05) is 24.4 Å². The summed E-state index contributed by atoms with van der Waals surface area (Å²) >= 11 is 1.70. The van der Waals surface area contributed by atoms with E-state index >= 15 is 0 Å². The summed E-state index contributed by atoms with van der Waals surface area (Å²) in [4.78, 5) is 15.2. The number of methoxy groups -OCH3 is 1. The van der Waals surface area contributed by atoms with Gasteiger partial charge in [0.1, 0.15) is 0 Å². The van der Waals surface area contributed by atoms with Gasteiger partial charge in [-0.25, -0.2) is 0 Å². The fourth-order valence-electron chi connectivity index (χ4n) is 1.81. The smallest absolute Gasteiger partial charge is 0.234 e. The SMILES string of the molecule is C=CCN(CC(=O)NC(C)COC)Cc1cccs1. The summed E-state index contributed by atoms with van der Waals surface area (Å²) in [6.07, 6.45) is 1.82. The molecule has 1 heterocycles. The van der Waals surface area contributed by atoms with Crippen LogP contribution in [0.4, 0.5) is 0 Å². The molecule has 0 bridgehead atoms. The van der Waals surface area contributed by atoms with Crippen molar-refractivity contribution in [2.24, 2.45) is 0 Å². The predicted octanol–water partition coefficient (Wildman–Crippen LogP) is 1.89. The standard InChI is InChI=1S/C14H22N2O2S/c1-4-7-16(9-13-6-5-8-19-13)10-14(17)15-12(2)11-18-3/h4-6,8,12H,1,7,9-11H2,2-3H3,(H,15,17). The number of amides is 1. The number of ether oxygens (including phenoxy) is 1. The number of hydrogen-bond donors (Lipinski definition) is 1. The van der Waals surface area contributed by atoms with Gasteiger partial charge in [0.25, 0.3) is 0 Å². The topological polar surface area (TPSA) is 41.6 Å². The molecule has 0 aliphatic rings. The molecule has 0 spiro atoms. The summed E-state index contributed by atoms with van der Waals surface area (Å²) in [5.41, 5.74) is 0. The number of carbonyl (C=O) groups is 1.